The van der Waals surface area contributed by atoms with Gasteiger partial charge in [-0.15, -0.1) is 0 Å². The van der Waals surface area contributed by atoms with E-state index in [-0.39, 0.29) is 0 Å². The molecular formula is C13H27N. The Morgan fingerprint density at radius 1 is 1.21 bits per heavy atom. The smallest absolute Gasteiger partial charge is 0.0169 e. The van der Waals surface area contributed by atoms with E-state index < -0.39 is 0 Å². The van der Waals surface area contributed by atoms with Crippen LogP contribution in [0.1, 0.15) is 59.8 Å². The third kappa shape index (κ3) is 2.13. The SMILES string of the molecule is CCC1(C(NC)C(C)(C)C)CCCC1. The van der Waals surface area contributed by atoms with E-state index >= 15 is 0 Å². The molecule has 0 aliphatic heterocycles. The standard InChI is InChI=1S/C13H27N/c1-6-13(9-7-8-10-13)11(14-5)12(2,3)4/h11,14H,6-10H2,1-5H3. The molecule has 14 heavy (non-hydrogen) atoms. The summed E-state index contributed by atoms with van der Waals surface area (Å²) in [5.74, 6) is 0. The first-order valence-corrected chi connectivity index (χ1v) is 6.13. The van der Waals surface area contributed by atoms with Crippen LogP contribution in [-0.2, 0) is 0 Å². The molecule has 1 fully saturated rings. The molecule has 1 aliphatic carbocycles. The molecule has 1 rings (SSSR count). The molecular weight excluding hydrogens is 170 g/mol. The fourth-order valence-electron chi connectivity index (χ4n) is 3.58. The topological polar surface area (TPSA) is 12.0 Å². The van der Waals surface area contributed by atoms with Crippen LogP contribution in [0.5, 0.6) is 0 Å². The first-order valence-electron chi connectivity index (χ1n) is 6.13. The summed E-state index contributed by atoms with van der Waals surface area (Å²) in [5, 5.41) is 3.58. The van der Waals surface area contributed by atoms with Gasteiger partial charge in [-0.2, -0.15) is 0 Å². The Hall–Kier alpha value is -0.0400. The van der Waals surface area contributed by atoms with Gasteiger partial charge in [-0.3, -0.25) is 0 Å². The second-order valence-electron chi connectivity index (χ2n) is 6.01. The van der Waals surface area contributed by atoms with Crippen molar-refractivity contribution in [2.24, 2.45) is 10.8 Å². The van der Waals surface area contributed by atoms with Gasteiger partial charge < -0.3 is 5.32 Å². The predicted molar refractivity (Wildman–Crippen MR) is 63.5 cm³/mol. The van der Waals surface area contributed by atoms with Crippen LogP contribution in [-0.4, -0.2) is 13.1 Å². The molecule has 0 aromatic rings. The maximum atomic E-state index is 3.58. The number of nitrogens with one attached hydrogen (secondary N) is 1. The van der Waals surface area contributed by atoms with E-state index in [0.717, 1.165) is 0 Å². The van der Waals surface area contributed by atoms with Gasteiger partial charge in [0.2, 0.25) is 0 Å². The van der Waals surface area contributed by atoms with Crippen LogP contribution in [0.3, 0.4) is 0 Å². The Bertz CT molecular complexity index is 172. The fraction of sp³-hybridized carbons (Fsp3) is 1.00. The molecule has 0 bridgehead atoms. The second-order valence-corrected chi connectivity index (χ2v) is 6.01. The lowest BCUT2D eigenvalue weighted by Gasteiger charge is -2.44. The van der Waals surface area contributed by atoms with Crippen molar-refractivity contribution in [3.63, 3.8) is 0 Å². The average Bonchev–Trinajstić information content (AvgIpc) is 2.53. The van der Waals surface area contributed by atoms with Crippen LogP contribution < -0.4 is 5.32 Å². The Morgan fingerprint density at radius 2 is 1.71 bits per heavy atom. The first kappa shape index (κ1) is 12.0. The van der Waals surface area contributed by atoms with Crippen LogP contribution in [0, 0.1) is 10.8 Å². The molecule has 0 saturated heterocycles. The molecule has 0 spiro atoms. The minimum atomic E-state index is 0.384. The number of hydrogen-bond acceptors (Lipinski definition) is 1. The monoisotopic (exact) mass is 197 g/mol. The van der Waals surface area contributed by atoms with Gasteiger partial charge in [0.05, 0.1) is 0 Å². The van der Waals surface area contributed by atoms with E-state index in [1.807, 2.05) is 0 Å². The van der Waals surface area contributed by atoms with Gasteiger partial charge in [0.15, 0.2) is 0 Å². The van der Waals surface area contributed by atoms with Gasteiger partial charge in [-0.25, -0.2) is 0 Å². The molecule has 0 aromatic carbocycles. The zero-order valence-electron chi connectivity index (χ0n) is 10.6. The van der Waals surface area contributed by atoms with Crippen molar-refractivity contribution in [2.45, 2.75) is 65.8 Å². The van der Waals surface area contributed by atoms with E-state index in [1.54, 1.807) is 0 Å². The van der Waals surface area contributed by atoms with Crippen LogP contribution in [0.2, 0.25) is 0 Å². The molecule has 1 N–H and O–H groups in total. The average molecular weight is 197 g/mol. The Kier molecular flexibility index (Phi) is 3.63. The van der Waals surface area contributed by atoms with E-state index in [1.165, 1.54) is 32.1 Å². The van der Waals surface area contributed by atoms with Crippen molar-refractivity contribution in [3.05, 3.63) is 0 Å². The first-order chi connectivity index (χ1) is 6.46. The largest absolute Gasteiger partial charge is 0.316 e. The van der Waals surface area contributed by atoms with Gasteiger partial charge in [0.25, 0.3) is 0 Å². The van der Waals surface area contributed by atoms with Crippen molar-refractivity contribution < 1.29 is 0 Å². The van der Waals surface area contributed by atoms with Gasteiger partial charge in [-0.1, -0.05) is 40.5 Å². The Labute approximate surface area is 89.7 Å². The summed E-state index contributed by atoms with van der Waals surface area (Å²) in [5.41, 5.74) is 0.960. The molecule has 0 aromatic heterocycles. The molecule has 1 nitrogen and oxygen atoms in total. The van der Waals surface area contributed by atoms with Gasteiger partial charge in [0, 0.05) is 6.04 Å². The van der Waals surface area contributed by atoms with Crippen molar-refractivity contribution in [1.82, 2.24) is 5.32 Å². The van der Waals surface area contributed by atoms with Crippen LogP contribution >= 0.6 is 0 Å². The van der Waals surface area contributed by atoms with Gasteiger partial charge in [-0.05, 0) is 37.1 Å². The molecule has 1 saturated carbocycles. The summed E-state index contributed by atoms with van der Waals surface area (Å²) in [7, 11) is 2.13. The lowest BCUT2D eigenvalue weighted by atomic mass is 9.66. The summed E-state index contributed by atoms with van der Waals surface area (Å²) in [6.07, 6.45) is 7.04. The lowest BCUT2D eigenvalue weighted by Crippen LogP contribution is -2.50. The quantitative estimate of drug-likeness (QED) is 0.729. The molecule has 84 valence electrons. The van der Waals surface area contributed by atoms with Crippen LogP contribution in [0.4, 0.5) is 0 Å². The zero-order valence-corrected chi connectivity index (χ0v) is 10.6. The summed E-state index contributed by atoms with van der Waals surface area (Å²) in [6, 6.07) is 0.669. The zero-order chi connectivity index (χ0) is 10.8. The molecule has 0 amide bonds. The highest BCUT2D eigenvalue weighted by Crippen LogP contribution is 2.48. The normalized spacial score (nSPS) is 23.8. The Balaban J connectivity index is 2.85. The van der Waals surface area contributed by atoms with Crippen LogP contribution in [0.25, 0.3) is 0 Å². The maximum absolute atomic E-state index is 3.58. The van der Waals surface area contributed by atoms with E-state index in [0.29, 0.717) is 16.9 Å². The minimum Gasteiger partial charge on any atom is -0.316 e. The summed E-state index contributed by atoms with van der Waals surface area (Å²) in [4.78, 5) is 0. The van der Waals surface area contributed by atoms with Gasteiger partial charge in [0.1, 0.15) is 0 Å². The maximum Gasteiger partial charge on any atom is 0.0169 e. The van der Waals surface area contributed by atoms with Crippen LogP contribution in [0.15, 0.2) is 0 Å². The molecule has 1 aliphatic rings. The highest BCUT2D eigenvalue weighted by molar-refractivity contribution is 4.98. The molecule has 1 heteroatoms. The number of hydrogen-bond donors (Lipinski definition) is 1. The van der Waals surface area contributed by atoms with Gasteiger partial charge >= 0.3 is 0 Å². The molecule has 0 radical (unpaired) electrons. The third-order valence-corrected chi connectivity index (χ3v) is 4.07. The highest BCUT2D eigenvalue weighted by Gasteiger charge is 2.44. The van der Waals surface area contributed by atoms with E-state index in [2.05, 4.69) is 40.1 Å². The predicted octanol–water partition coefficient (Wildman–Crippen LogP) is 3.59. The van der Waals surface area contributed by atoms with E-state index in [4.69, 9.17) is 0 Å². The lowest BCUT2D eigenvalue weighted by molar-refractivity contribution is 0.0985. The van der Waals surface area contributed by atoms with E-state index in [9.17, 15) is 0 Å². The molecule has 0 heterocycles. The highest BCUT2D eigenvalue weighted by atomic mass is 14.9. The molecule has 1 atom stereocenters. The molecule has 1 unspecified atom stereocenters. The number of rotatable bonds is 3. The Morgan fingerprint density at radius 3 is 2.00 bits per heavy atom. The summed E-state index contributed by atoms with van der Waals surface area (Å²) in [6.45, 7) is 9.46. The second kappa shape index (κ2) is 4.22. The van der Waals surface area contributed by atoms with Crippen molar-refractivity contribution in [2.75, 3.05) is 7.05 Å². The van der Waals surface area contributed by atoms with Crippen molar-refractivity contribution in [3.8, 4) is 0 Å². The fourth-order valence-corrected chi connectivity index (χ4v) is 3.58. The third-order valence-electron chi connectivity index (χ3n) is 4.07. The van der Waals surface area contributed by atoms with Crippen molar-refractivity contribution >= 4 is 0 Å². The minimum absolute atomic E-state index is 0.384. The summed E-state index contributed by atoms with van der Waals surface area (Å²) >= 11 is 0. The summed E-state index contributed by atoms with van der Waals surface area (Å²) < 4.78 is 0. The van der Waals surface area contributed by atoms with Crippen molar-refractivity contribution in [1.29, 1.82) is 0 Å².